The number of hydrogen-bond donors (Lipinski definition) is 2. The summed E-state index contributed by atoms with van der Waals surface area (Å²) in [5.74, 6) is 0.450. The van der Waals surface area contributed by atoms with Crippen molar-refractivity contribution >= 4 is 6.03 Å². The van der Waals surface area contributed by atoms with Gasteiger partial charge in [-0.1, -0.05) is 19.3 Å². The van der Waals surface area contributed by atoms with E-state index in [4.69, 9.17) is 0 Å². The van der Waals surface area contributed by atoms with Crippen molar-refractivity contribution in [2.45, 2.75) is 57.1 Å². The van der Waals surface area contributed by atoms with Crippen LogP contribution in [0.4, 0.5) is 4.79 Å². The summed E-state index contributed by atoms with van der Waals surface area (Å²) in [5, 5.41) is 13.2. The van der Waals surface area contributed by atoms with E-state index in [1.54, 1.807) is 0 Å². The molecule has 2 amide bonds. The molecule has 3 fully saturated rings. The van der Waals surface area contributed by atoms with Gasteiger partial charge in [-0.3, -0.25) is 4.90 Å². The first-order valence-corrected chi connectivity index (χ1v) is 8.70. The predicted octanol–water partition coefficient (Wildman–Crippen LogP) is 1.42. The highest BCUT2D eigenvalue weighted by molar-refractivity contribution is 5.76. The largest absolute Gasteiger partial charge is 0.393 e. The number of piperidine rings is 1. The first kappa shape index (κ1) is 15.1. The zero-order chi connectivity index (χ0) is 14.7. The van der Waals surface area contributed by atoms with Crippen LogP contribution in [0.1, 0.15) is 44.9 Å². The Bertz CT molecular complexity index is 363. The molecule has 0 aromatic heterocycles. The summed E-state index contributed by atoms with van der Waals surface area (Å²) in [6.07, 6.45) is 8.24. The normalized spacial score (nSPS) is 35.0. The molecule has 5 nitrogen and oxygen atoms in total. The van der Waals surface area contributed by atoms with Crippen molar-refractivity contribution in [3.05, 3.63) is 0 Å². The van der Waals surface area contributed by atoms with Gasteiger partial charge in [0.1, 0.15) is 0 Å². The van der Waals surface area contributed by atoms with Crippen LogP contribution in [0.5, 0.6) is 0 Å². The molecule has 2 aliphatic heterocycles. The maximum absolute atomic E-state index is 11.6. The van der Waals surface area contributed by atoms with E-state index in [1.807, 2.05) is 4.90 Å². The SMILES string of the molecule is O=C1NCCN1CCN1CCCCC1C1CCCCC1O. The molecule has 1 saturated carbocycles. The van der Waals surface area contributed by atoms with Gasteiger partial charge < -0.3 is 15.3 Å². The molecule has 1 aliphatic carbocycles. The van der Waals surface area contributed by atoms with Gasteiger partial charge in [-0.2, -0.15) is 0 Å². The van der Waals surface area contributed by atoms with Crippen molar-refractivity contribution in [2.75, 3.05) is 32.7 Å². The van der Waals surface area contributed by atoms with Crippen LogP contribution in [0.3, 0.4) is 0 Å². The fourth-order valence-electron chi connectivity index (χ4n) is 4.34. The van der Waals surface area contributed by atoms with E-state index >= 15 is 0 Å². The van der Waals surface area contributed by atoms with E-state index in [9.17, 15) is 9.90 Å². The van der Waals surface area contributed by atoms with E-state index in [1.165, 1.54) is 38.5 Å². The van der Waals surface area contributed by atoms with Crippen LogP contribution in [-0.4, -0.2) is 65.8 Å². The first-order chi connectivity index (χ1) is 10.3. The molecule has 120 valence electrons. The number of hydrogen-bond acceptors (Lipinski definition) is 3. The van der Waals surface area contributed by atoms with Gasteiger partial charge in [0.2, 0.25) is 0 Å². The fraction of sp³-hybridized carbons (Fsp3) is 0.938. The Hall–Kier alpha value is -0.810. The van der Waals surface area contributed by atoms with E-state index in [-0.39, 0.29) is 12.1 Å². The molecule has 3 unspecified atom stereocenters. The highest BCUT2D eigenvalue weighted by Crippen LogP contribution is 2.33. The number of carbonyl (C=O) groups excluding carboxylic acids is 1. The molecule has 2 saturated heterocycles. The van der Waals surface area contributed by atoms with Gasteiger partial charge in [-0.05, 0) is 32.2 Å². The summed E-state index contributed by atoms with van der Waals surface area (Å²) < 4.78 is 0. The number of carbonyl (C=O) groups is 1. The minimum absolute atomic E-state index is 0.0845. The minimum Gasteiger partial charge on any atom is -0.393 e. The third-order valence-electron chi connectivity index (χ3n) is 5.54. The number of nitrogens with one attached hydrogen (secondary N) is 1. The van der Waals surface area contributed by atoms with Crippen LogP contribution >= 0.6 is 0 Å². The molecule has 0 spiro atoms. The van der Waals surface area contributed by atoms with Crippen LogP contribution in [-0.2, 0) is 0 Å². The Labute approximate surface area is 127 Å². The Balaban J connectivity index is 1.57. The Morgan fingerprint density at radius 1 is 1.05 bits per heavy atom. The van der Waals surface area contributed by atoms with Crippen molar-refractivity contribution in [3.63, 3.8) is 0 Å². The molecule has 5 heteroatoms. The molecular formula is C16H29N3O2. The van der Waals surface area contributed by atoms with Gasteiger partial charge in [0.25, 0.3) is 0 Å². The molecule has 0 bridgehead atoms. The minimum atomic E-state index is -0.112. The number of aliphatic hydroxyl groups excluding tert-OH is 1. The number of likely N-dealkylation sites (tertiary alicyclic amines) is 1. The van der Waals surface area contributed by atoms with Crippen molar-refractivity contribution in [1.82, 2.24) is 15.1 Å². The smallest absolute Gasteiger partial charge is 0.317 e. The number of amides is 2. The summed E-state index contributed by atoms with van der Waals surface area (Å²) in [6.45, 7) is 4.53. The van der Waals surface area contributed by atoms with Gasteiger partial charge in [0.15, 0.2) is 0 Å². The highest BCUT2D eigenvalue weighted by atomic mass is 16.3. The average Bonchev–Trinajstić information content (AvgIpc) is 2.91. The fourth-order valence-corrected chi connectivity index (χ4v) is 4.34. The van der Waals surface area contributed by atoms with Crippen LogP contribution in [0.25, 0.3) is 0 Å². The van der Waals surface area contributed by atoms with Crippen LogP contribution in [0.15, 0.2) is 0 Å². The van der Waals surface area contributed by atoms with Gasteiger partial charge in [0.05, 0.1) is 6.10 Å². The second-order valence-electron chi connectivity index (χ2n) is 6.83. The Morgan fingerprint density at radius 2 is 1.86 bits per heavy atom. The lowest BCUT2D eigenvalue weighted by Gasteiger charge is -2.44. The molecule has 0 aromatic rings. The van der Waals surface area contributed by atoms with E-state index < -0.39 is 0 Å². The summed E-state index contributed by atoms with van der Waals surface area (Å²) >= 11 is 0. The van der Waals surface area contributed by atoms with Crippen molar-refractivity contribution < 1.29 is 9.90 Å². The zero-order valence-electron chi connectivity index (χ0n) is 13.0. The quantitative estimate of drug-likeness (QED) is 0.825. The number of nitrogens with zero attached hydrogens (tertiary/aromatic N) is 2. The monoisotopic (exact) mass is 295 g/mol. The van der Waals surface area contributed by atoms with Crippen LogP contribution in [0.2, 0.25) is 0 Å². The van der Waals surface area contributed by atoms with Crippen LogP contribution < -0.4 is 5.32 Å². The zero-order valence-corrected chi connectivity index (χ0v) is 13.0. The lowest BCUT2D eigenvalue weighted by Crippen LogP contribution is -2.51. The molecule has 0 radical (unpaired) electrons. The molecule has 3 atom stereocenters. The van der Waals surface area contributed by atoms with Gasteiger partial charge in [0, 0.05) is 38.1 Å². The summed E-state index contributed by atoms with van der Waals surface area (Å²) in [7, 11) is 0. The second-order valence-corrected chi connectivity index (χ2v) is 6.83. The van der Waals surface area contributed by atoms with Gasteiger partial charge in [-0.15, -0.1) is 0 Å². The van der Waals surface area contributed by atoms with Crippen LogP contribution in [0, 0.1) is 5.92 Å². The van der Waals surface area contributed by atoms with Gasteiger partial charge in [-0.25, -0.2) is 4.79 Å². The molecule has 21 heavy (non-hydrogen) atoms. The van der Waals surface area contributed by atoms with Crippen molar-refractivity contribution in [1.29, 1.82) is 0 Å². The molecule has 2 N–H and O–H groups in total. The average molecular weight is 295 g/mol. The maximum atomic E-state index is 11.6. The lowest BCUT2D eigenvalue weighted by atomic mass is 9.78. The van der Waals surface area contributed by atoms with Gasteiger partial charge >= 0.3 is 6.03 Å². The Morgan fingerprint density at radius 3 is 2.62 bits per heavy atom. The third-order valence-corrected chi connectivity index (χ3v) is 5.54. The molecule has 3 aliphatic rings. The predicted molar refractivity (Wildman–Crippen MR) is 82.1 cm³/mol. The summed E-state index contributed by atoms with van der Waals surface area (Å²) in [6, 6.07) is 0.612. The third kappa shape index (κ3) is 3.51. The number of urea groups is 1. The number of aliphatic hydroxyl groups is 1. The van der Waals surface area contributed by atoms with Crippen molar-refractivity contribution in [3.8, 4) is 0 Å². The maximum Gasteiger partial charge on any atom is 0.317 e. The van der Waals surface area contributed by atoms with E-state index in [2.05, 4.69) is 10.2 Å². The van der Waals surface area contributed by atoms with E-state index in [0.717, 1.165) is 39.1 Å². The standard InChI is InChI=1S/C16H29N3O2/c20-15-7-2-1-5-13(15)14-6-3-4-9-18(14)11-12-19-10-8-17-16(19)21/h13-15,20H,1-12H2,(H,17,21). The Kier molecular flexibility index (Phi) is 5.01. The second kappa shape index (κ2) is 6.97. The van der Waals surface area contributed by atoms with Crippen molar-refractivity contribution in [2.24, 2.45) is 5.92 Å². The lowest BCUT2D eigenvalue weighted by molar-refractivity contribution is -0.00688. The summed E-state index contributed by atoms with van der Waals surface area (Å²) in [4.78, 5) is 16.1. The molecular weight excluding hydrogens is 266 g/mol. The first-order valence-electron chi connectivity index (χ1n) is 8.70. The highest BCUT2D eigenvalue weighted by Gasteiger charge is 2.35. The molecule has 3 rings (SSSR count). The number of rotatable bonds is 4. The molecule has 0 aromatic carbocycles. The van der Waals surface area contributed by atoms with E-state index in [0.29, 0.717) is 12.0 Å². The molecule has 2 heterocycles. The topological polar surface area (TPSA) is 55.8 Å². The summed E-state index contributed by atoms with van der Waals surface area (Å²) in [5.41, 5.74) is 0.